The average molecular weight is 449 g/mol. The fourth-order valence-electron chi connectivity index (χ4n) is 3.76. The maximum absolute atomic E-state index is 13.1. The molecule has 6 nitrogen and oxygen atoms in total. The smallest absolute Gasteiger partial charge is 0.296 e. The lowest BCUT2D eigenvalue weighted by atomic mass is 9.98. The van der Waals surface area contributed by atoms with Gasteiger partial charge in [-0.2, -0.15) is 0 Å². The molecule has 164 valence electrons. The minimum atomic E-state index is -0.698. The standard InChI is InChI=1S/C25H24N2O4S/c1-3-12-31-19-9-6-7-17(14-19)22(28)20-21(24-16(2)10-13-32-24)27(25(30)23(20)29)15-18-8-4-5-11-26-18/h4-11,13-14,21,28H,3,12,15H2,1-2H3/b22-20-. The van der Waals surface area contributed by atoms with Crippen LogP contribution in [-0.2, 0) is 16.1 Å². The molecule has 1 unspecified atom stereocenters. The molecule has 1 aliphatic rings. The van der Waals surface area contributed by atoms with Gasteiger partial charge in [-0.25, -0.2) is 0 Å². The van der Waals surface area contributed by atoms with Crippen LogP contribution in [0.15, 0.2) is 65.7 Å². The zero-order valence-corrected chi connectivity index (χ0v) is 18.8. The van der Waals surface area contributed by atoms with Crippen molar-refractivity contribution in [2.45, 2.75) is 32.9 Å². The minimum absolute atomic E-state index is 0.0872. The van der Waals surface area contributed by atoms with Crippen molar-refractivity contribution >= 4 is 28.8 Å². The molecule has 0 bridgehead atoms. The largest absolute Gasteiger partial charge is 0.507 e. The molecular weight excluding hydrogens is 424 g/mol. The maximum atomic E-state index is 13.1. The third kappa shape index (κ3) is 4.16. The molecule has 4 rings (SSSR count). The van der Waals surface area contributed by atoms with E-state index in [2.05, 4.69) is 4.98 Å². The van der Waals surface area contributed by atoms with Gasteiger partial charge in [-0.15, -0.1) is 11.3 Å². The van der Waals surface area contributed by atoms with Crippen LogP contribution in [0.25, 0.3) is 5.76 Å². The van der Waals surface area contributed by atoms with E-state index in [9.17, 15) is 14.7 Å². The Morgan fingerprint density at radius 1 is 1.19 bits per heavy atom. The number of carbonyl (C=O) groups is 2. The van der Waals surface area contributed by atoms with Gasteiger partial charge in [0.1, 0.15) is 17.6 Å². The van der Waals surface area contributed by atoms with Crippen molar-refractivity contribution in [3.63, 3.8) is 0 Å². The molecule has 1 fully saturated rings. The lowest BCUT2D eigenvalue weighted by Gasteiger charge is -2.24. The molecule has 1 saturated heterocycles. The summed E-state index contributed by atoms with van der Waals surface area (Å²) in [5, 5.41) is 13.1. The molecule has 2 aromatic heterocycles. The van der Waals surface area contributed by atoms with Gasteiger partial charge >= 0.3 is 0 Å². The normalized spacial score (nSPS) is 17.7. The number of rotatable bonds is 7. The summed E-state index contributed by atoms with van der Waals surface area (Å²) in [6, 6.07) is 13.7. The molecule has 1 atom stereocenters. The first-order valence-corrected chi connectivity index (χ1v) is 11.3. The van der Waals surface area contributed by atoms with Crippen LogP contribution in [0.1, 0.15) is 41.1 Å². The predicted molar refractivity (Wildman–Crippen MR) is 123 cm³/mol. The van der Waals surface area contributed by atoms with E-state index >= 15 is 0 Å². The van der Waals surface area contributed by atoms with Gasteiger partial charge in [0, 0.05) is 16.6 Å². The fourth-order valence-corrected chi connectivity index (χ4v) is 4.80. The number of amides is 1. The topological polar surface area (TPSA) is 79.7 Å². The predicted octanol–water partition coefficient (Wildman–Crippen LogP) is 4.86. The van der Waals surface area contributed by atoms with Gasteiger partial charge in [0.05, 0.1) is 24.4 Å². The molecular formula is C25H24N2O4S. The number of hydrogen-bond donors (Lipinski definition) is 1. The summed E-state index contributed by atoms with van der Waals surface area (Å²) in [7, 11) is 0. The number of aliphatic hydroxyl groups is 1. The Morgan fingerprint density at radius 2 is 2.03 bits per heavy atom. The van der Waals surface area contributed by atoms with E-state index in [-0.39, 0.29) is 17.9 Å². The monoisotopic (exact) mass is 448 g/mol. The van der Waals surface area contributed by atoms with Crippen molar-refractivity contribution in [2.75, 3.05) is 6.61 Å². The quantitative estimate of drug-likeness (QED) is 0.317. The second-order valence-electron chi connectivity index (χ2n) is 7.59. The number of thiophene rings is 1. The summed E-state index contributed by atoms with van der Waals surface area (Å²) in [5.74, 6) is -0.946. The van der Waals surface area contributed by atoms with Gasteiger partial charge < -0.3 is 14.7 Å². The van der Waals surface area contributed by atoms with E-state index < -0.39 is 17.7 Å². The summed E-state index contributed by atoms with van der Waals surface area (Å²) in [6.07, 6.45) is 2.51. The van der Waals surface area contributed by atoms with E-state index in [0.29, 0.717) is 23.6 Å². The summed E-state index contributed by atoms with van der Waals surface area (Å²) in [5.41, 5.74) is 2.15. The highest BCUT2D eigenvalue weighted by molar-refractivity contribution is 7.10. The summed E-state index contributed by atoms with van der Waals surface area (Å²) in [4.78, 5) is 32.9. The molecule has 0 aliphatic carbocycles. The van der Waals surface area contributed by atoms with E-state index in [1.165, 1.54) is 16.2 Å². The Morgan fingerprint density at radius 3 is 2.72 bits per heavy atom. The van der Waals surface area contributed by atoms with Crippen LogP contribution < -0.4 is 4.74 Å². The Bertz CT molecular complexity index is 1170. The lowest BCUT2D eigenvalue weighted by Crippen LogP contribution is -2.29. The first-order valence-electron chi connectivity index (χ1n) is 10.5. The van der Waals surface area contributed by atoms with E-state index in [4.69, 9.17) is 4.74 Å². The number of aryl methyl sites for hydroxylation is 1. The number of ketones is 1. The van der Waals surface area contributed by atoms with Crippen molar-refractivity contribution in [1.82, 2.24) is 9.88 Å². The van der Waals surface area contributed by atoms with Crippen LogP contribution in [-0.4, -0.2) is 33.3 Å². The Labute approximate surface area is 190 Å². The van der Waals surface area contributed by atoms with Gasteiger partial charge in [0.15, 0.2) is 0 Å². The number of aliphatic hydroxyl groups excluding tert-OH is 1. The van der Waals surface area contributed by atoms with Gasteiger partial charge in [0.25, 0.3) is 11.7 Å². The van der Waals surface area contributed by atoms with Crippen molar-refractivity contribution < 1.29 is 19.4 Å². The van der Waals surface area contributed by atoms with Crippen LogP contribution in [0.4, 0.5) is 0 Å². The number of ether oxygens (including phenoxy) is 1. The van der Waals surface area contributed by atoms with Crippen molar-refractivity contribution in [1.29, 1.82) is 0 Å². The fraction of sp³-hybridized carbons (Fsp3) is 0.240. The first-order chi connectivity index (χ1) is 15.5. The average Bonchev–Trinajstić information content (AvgIpc) is 3.34. The van der Waals surface area contributed by atoms with Gasteiger partial charge in [-0.3, -0.25) is 14.6 Å². The van der Waals surface area contributed by atoms with Crippen LogP contribution >= 0.6 is 11.3 Å². The number of likely N-dealkylation sites (tertiary alicyclic amines) is 1. The molecule has 3 aromatic rings. The van der Waals surface area contributed by atoms with E-state index in [0.717, 1.165) is 16.9 Å². The highest BCUT2D eigenvalue weighted by Gasteiger charge is 2.47. The number of aromatic nitrogens is 1. The molecule has 1 aliphatic heterocycles. The Kier molecular flexibility index (Phi) is 6.37. The van der Waals surface area contributed by atoms with E-state index in [1.807, 2.05) is 37.4 Å². The molecule has 1 amide bonds. The van der Waals surface area contributed by atoms with Gasteiger partial charge in [-0.1, -0.05) is 25.1 Å². The maximum Gasteiger partial charge on any atom is 0.296 e. The molecule has 3 heterocycles. The third-order valence-electron chi connectivity index (χ3n) is 5.33. The number of benzene rings is 1. The zero-order valence-electron chi connectivity index (χ0n) is 17.9. The summed E-state index contributed by atoms with van der Waals surface area (Å²) >= 11 is 1.46. The summed E-state index contributed by atoms with van der Waals surface area (Å²) in [6.45, 7) is 4.67. The molecule has 0 spiro atoms. The number of hydrogen-bond acceptors (Lipinski definition) is 6. The van der Waals surface area contributed by atoms with Crippen molar-refractivity contribution in [2.24, 2.45) is 0 Å². The molecule has 7 heteroatoms. The second-order valence-corrected chi connectivity index (χ2v) is 8.54. The number of carbonyl (C=O) groups excluding carboxylic acids is 2. The van der Waals surface area contributed by atoms with Crippen LogP contribution in [0.5, 0.6) is 5.75 Å². The molecule has 0 radical (unpaired) electrons. The number of Topliss-reactive ketones (excluding diaryl/α,β-unsaturated/α-hetero) is 1. The highest BCUT2D eigenvalue weighted by atomic mass is 32.1. The molecule has 32 heavy (non-hydrogen) atoms. The number of pyridine rings is 1. The van der Waals surface area contributed by atoms with Gasteiger partial charge in [-0.05, 0) is 54.6 Å². The molecule has 0 saturated carbocycles. The minimum Gasteiger partial charge on any atom is -0.507 e. The van der Waals surface area contributed by atoms with Gasteiger partial charge in [0.2, 0.25) is 0 Å². The third-order valence-corrected chi connectivity index (χ3v) is 6.40. The zero-order chi connectivity index (χ0) is 22.7. The highest BCUT2D eigenvalue weighted by Crippen LogP contribution is 2.43. The van der Waals surface area contributed by atoms with Crippen molar-refractivity contribution in [3.05, 3.63) is 87.4 Å². The van der Waals surface area contributed by atoms with Crippen LogP contribution in [0.3, 0.4) is 0 Å². The first kappa shape index (κ1) is 21.8. The van der Waals surface area contributed by atoms with E-state index in [1.54, 1.807) is 36.5 Å². The Balaban J connectivity index is 1.81. The van der Waals surface area contributed by atoms with Crippen molar-refractivity contribution in [3.8, 4) is 5.75 Å². The lowest BCUT2D eigenvalue weighted by molar-refractivity contribution is -0.140. The SMILES string of the molecule is CCCOc1cccc(/C(O)=C2/C(=O)C(=O)N(Cc3ccccn3)C2c2sccc2C)c1. The van der Waals surface area contributed by atoms with Crippen LogP contribution in [0, 0.1) is 6.92 Å². The second kappa shape index (κ2) is 9.36. The number of nitrogens with zero attached hydrogens (tertiary/aromatic N) is 2. The molecule has 1 N–H and O–H groups in total. The van der Waals surface area contributed by atoms with Crippen LogP contribution in [0.2, 0.25) is 0 Å². The Hall–Kier alpha value is -3.45. The molecule has 1 aromatic carbocycles. The summed E-state index contributed by atoms with van der Waals surface area (Å²) < 4.78 is 5.67.